The molecule has 0 spiro atoms. The van der Waals surface area contributed by atoms with Crippen molar-refractivity contribution in [2.45, 2.75) is 39.7 Å². The number of aryl methyl sites for hydroxylation is 1. The van der Waals surface area contributed by atoms with Crippen LogP contribution in [0.5, 0.6) is 11.5 Å². The number of ether oxygens (including phenoxy) is 2. The summed E-state index contributed by atoms with van der Waals surface area (Å²) in [4.78, 5) is 12.2. The molecule has 6 heteroatoms. The zero-order valence-corrected chi connectivity index (χ0v) is 17.0. The molecule has 0 fully saturated rings. The molecule has 1 atom stereocenters. The molecule has 0 aliphatic rings. The zero-order chi connectivity index (χ0) is 18.9. The number of rotatable bonds is 9. The lowest BCUT2D eigenvalue weighted by Gasteiger charge is -2.15. The topological polar surface area (TPSA) is 73.6 Å². The van der Waals surface area contributed by atoms with Crippen LogP contribution in [-0.4, -0.2) is 25.2 Å². The van der Waals surface area contributed by atoms with Crippen molar-refractivity contribution in [2.24, 2.45) is 5.73 Å². The van der Waals surface area contributed by atoms with Gasteiger partial charge in [-0.05, 0) is 56.0 Å². The second kappa shape index (κ2) is 11.5. The Bertz CT molecular complexity index is 737. The summed E-state index contributed by atoms with van der Waals surface area (Å²) in [6.07, 6.45) is 1.70. The Morgan fingerprint density at radius 2 is 1.85 bits per heavy atom. The van der Waals surface area contributed by atoms with Crippen LogP contribution in [0, 0.1) is 6.92 Å². The van der Waals surface area contributed by atoms with E-state index in [-0.39, 0.29) is 31.0 Å². The summed E-state index contributed by atoms with van der Waals surface area (Å²) in [6, 6.07) is 13.5. The fourth-order valence-corrected chi connectivity index (χ4v) is 2.56. The van der Waals surface area contributed by atoms with Crippen LogP contribution in [0.2, 0.25) is 0 Å². The molecule has 148 valence electrons. The molecule has 3 N–H and O–H groups in total. The molecular formula is C21H29ClN2O3. The molecule has 2 aromatic rings. The maximum Gasteiger partial charge on any atom is 0.262 e. The van der Waals surface area contributed by atoms with E-state index in [0.717, 1.165) is 29.7 Å². The molecule has 27 heavy (non-hydrogen) atoms. The number of hydrogen-bond acceptors (Lipinski definition) is 4. The summed E-state index contributed by atoms with van der Waals surface area (Å²) in [5.41, 5.74) is 8.92. The number of nitrogens with one attached hydrogen (secondary N) is 1. The maximum absolute atomic E-state index is 12.2. The Balaban J connectivity index is 0.00000364. The van der Waals surface area contributed by atoms with Crippen LogP contribution in [0.15, 0.2) is 42.5 Å². The van der Waals surface area contributed by atoms with Crippen molar-refractivity contribution < 1.29 is 14.3 Å². The Morgan fingerprint density at radius 1 is 1.11 bits per heavy atom. The van der Waals surface area contributed by atoms with E-state index in [1.165, 1.54) is 0 Å². The quantitative estimate of drug-likeness (QED) is 0.673. The molecule has 1 unspecified atom stereocenters. The van der Waals surface area contributed by atoms with Gasteiger partial charge in [-0.2, -0.15) is 0 Å². The summed E-state index contributed by atoms with van der Waals surface area (Å²) in [6.45, 7) is 6.37. The van der Waals surface area contributed by atoms with Crippen LogP contribution in [0.1, 0.15) is 31.4 Å². The van der Waals surface area contributed by atoms with Gasteiger partial charge in [0.15, 0.2) is 18.1 Å². The highest BCUT2D eigenvalue weighted by Crippen LogP contribution is 2.29. The highest BCUT2D eigenvalue weighted by atomic mass is 35.5. The molecule has 0 radical (unpaired) electrons. The molecule has 0 heterocycles. The molecule has 0 aliphatic carbocycles. The minimum Gasteiger partial charge on any atom is -0.490 e. The van der Waals surface area contributed by atoms with Crippen molar-refractivity contribution in [1.29, 1.82) is 0 Å². The van der Waals surface area contributed by atoms with Gasteiger partial charge in [0.05, 0.1) is 6.61 Å². The maximum atomic E-state index is 12.2. The molecule has 0 saturated carbocycles. The third kappa shape index (κ3) is 7.12. The predicted octanol–water partition coefficient (Wildman–Crippen LogP) is 4.11. The normalized spacial score (nSPS) is 11.3. The second-order valence-electron chi connectivity index (χ2n) is 6.24. The largest absolute Gasteiger partial charge is 0.490 e. The number of para-hydroxylation sites is 1. The molecule has 0 saturated heterocycles. The number of halogens is 1. The van der Waals surface area contributed by atoms with Gasteiger partial charge in [-0.3, -0.25) is 4.79 Å². The van der Waals surface area contributed by atoms with Crippen molar-refractivity contribution >= 4 is 24.0 Å². The first-order valence-corrected chi connectivity index (χ1v) is 9.03. The van der Waals surface area contributed by atoms with Crippen LogP contribution in [0.25, 0.3) is 0 Å². The van der Waals surface area contributed by atoms with Crippen molar-refractivity contribution in [3.63, 3.8) is 0 Å². The van der Waals surface area contributed by atoms with Gasteiger partial charge < -0.3 is 20.5 Å². The lowest BCUT2D eigenvalue weighted by atomic mass is 10.0. The molecule has 5 nitrogen and oxygen atoms in total. The molecule has 2 aromatic carbocycles. The lowest BCUT2D eigenvalue weighted by molar-refractivity contribution is -0.118. The van der Waals surface area contributed by atoms with E-state index in [1.807, 2.05) is 56.3 Å². The summed E-state index contributed by atoms with van der Waals surface area (Å²) in [5, 5.41) is 2.86. The number of carbonyl (C=O) groups excluding carboxylic acids is 1. The third-order valence-electron chi connectivity index (χ3n) is 4.11. The minimum atomic E-state index is -0.209. The molecule has 2 rings (SSSR count). The van der Waals surface area contributed by atoms with Crippen LogP contribution in [-0.2, 0) is 11.2 Å². The van der Waals surface area contributed by atoms with Gasteiger partial charge in [0, 0.05) is 11.7 Å². The van der Waals surface area contributed by atoms with E-state index < -0.39 is 0 Å². The molecule has 0 aliphatic heterocycles. The van der Waals surface area contributed by atoms with E-state index in [4.69, 9.17) is 15.2 Å². The first kappa shape index (κ1) is 22.8. The number of hydrogen-bond donors (Lipinski definition) is 2. The number of nitrogens with two attached hydrogens (primary N) is 1. The van der Waals surface area contributed by atoms with Gasteiger partial charge >= 0.3 is 0 Å². The summed E-state index contributed by atoms with van der Waals surface area (Å²) in [7, 11) is 0. The van der Waals surface area contributed by atoms with Gasteiger partial charge in [-0.25, -0.2) is 0 Å². The summed E-state index contributed by atoms with van der Waals surface area (Å²) >= 11 is 0. The van der Waals surface area contributed by atoms with Crippen molar-refractivity contribution in [2.75, 3.05) is 18.5 Å². The van der Waals surface area contributed by atoms with Crippen molar-refractivity contribution in [3.8, 4) is 11.5 Å². The van der Waals surface area contributed by atoms with E-state index in [1.54, 1.807) is 0 Å². The third-order valence-corrected chi connectivity index (χ3v) is 4.11. The highest BCUT2D eigenvalue weighted by molar-refractivity contribution is 5.92. The van der Waals surface area contributed by atoms with E-state index in [0.29, 0.717) is 18.1 Å². The van der Waals surface area contributed by atoms with Crippen LogP contribution >= 0.6 is 12.4 Å². The first-order valence-electron chi connectivity index (χ1n) is 9.03. The number of amides is 1. The summed E-state index contributed by atoms with van der Waals surface area (Å²) < 4.78 is 11.3. The van der Waals surface area contributed by atoms with E-state index >= 15 is 0 Å². The van der Waals surface area contributed by atoms with Crippen LogP contribution in [0.3, 0.4) is 0 Å². The van der Waals surface area contributed by atoms with Gasteiger partial charge in [-0.1, -0.05) is 31.2 Å². The first-order chi connectivity index (χ1) is 12.5. The van der Waals surface area contributed by atoms with Gasteiger partial charge in [0.2, 0.25) is 0 Å². The lowest BCUT2D eigenvalue weighted by Crippen LogP contribution is -2.22. The second-order valence-corrected chi connectivity index (χ2v) is 6.24. The fourth-order valence-electron chi connectivity index (χ4n) is 2.56. The van der Waals surface area contributed by atoms with Gasteiger partial charge in [-0.15, -0.1) is 12.4 Å². The predicted molar refractivity (Wildman–Crippen MR) is 112 cm³/mol. The Kier molecular flexibility index (Phi) is 9.68. The Hall–Kier alpha value is -2.24. The number of carbonyl (C=O) groups is 1. The Labute approximate surface area is 167 Å². The van der Waals surface area contributed by atoms with Crippen molar-refractivity contribution in [1.82, 2.24) is 0 Å². The standard InChI is InChI=1S/C21H28N2O3.ClH/c1-4-17(22)12-16-10-11-19(20(13-16)25-5-2)26-14-21(24)23-18-9-7-6-8-15(18)3;/h6-11,13,17H,4-5,12,14,22H2,1-3H3,(H,23,24);1H. The molecule has 0 bridgehead atoms. The minimum absolute atomic E-state index is 0. The van der Waals surface area contributed by atoms with Gasteiger partial charge in [0.25, 0.3) is 5.91 Å². The van der Waals surface area contributed by atoms with Gasteiger partial charge in [0.1, 0.15) is 0 Å². The number of benzene rings is 2. The average Bonchev–Trinajstić information content (AvgIpc) is 2.63. The monoisotopic (exact) mass is 392 g/mol. The Morgan fingerprint density at radius 3 is 2.52 bits per heavy atom. The molecular weight excluding hydrogens is 364 g/mol. The number of anilines is 1. The fraction of sp³-hybridized carbons (Fsp3) is 0.381. The smallest absolute Gasteiger partial charge is 0.262 e. The van der Waals surface area contributed by atoms with Crippen molar-refractivity contribution in [3.05, 3.63) is 53.6 Å². The zero-order valence-electron chi connectivity index (χ0n) is 16.2. The SMILES string of the molecule is CCOc1cc(CC(N)CC)ccc1OCC(=O)Nc1ccccc1C.Cl. The highest BCUT2D eigenvalue weighted by Gasteiger charge is 2.11. The van der Waals surface area contributed by atoms with Crippen LogP contribution in [0.4, 0.5) is 5.69 Å². The molecule has 0 aromatic heterocycles. The molecule has 1 amide bonds. The summed E-state index contributed by atoms with van der Waals surface area (Å²) in [5.74, 6) is 0.983. The van der Waals surface area contributed by atoms with E-state index in [2.05, 4.69) is 12.2 Å². The van der Waals surface area contributed by atoms with E-state index in [9.17, 15) is 4.79 Å². The average molecular weight is 393 g/mol. The van der Waals surface area contributed by atoms with Crippen LogP contribution < -0.4 is 20.5 Å².